The summed E-state index contributed by atoms with van der Waals surface area (Å²) in [5.74, 6) is 1.70. The maximum absolute atomic E-state index is 12.6. The number of thioether (sulfide) groups is 1. The first-order valence-electron chi connectivity index (χ1n) is 9.28. The predicted octanol–water partition coefficient (Wildman–Crippen LogP) is 4.60. The number of para-hydroxylation sites is 1. The van der Waals surface area contributed by atoms with Gasteiger partial charge in [0, 0.05) is 33.4 Å². The van der Waals surface area contributed by atoms with Gasteiger partial charge in [-0.05, 0) is 48.2 Å². The van der Waals surface area contributed by atoms with Gasteiger partial charge in [0.1, 0.15) is 6.54 Å². The van der Waals surface area contributed by atoms with Gasteiger partial charge in [0.05, 0.1) is 11.4 Å². The van der Waals surface area contributed by atoms with Crippen molar-refractivity contribution in [2.45, 2.75) is 6.54 Å². The lowest BCUT2D eigenvalue weighted by Gasteiger charge is -2.07. The Morgan fingerprint density at radius 2 is 1.90 bits per heavy atom. The van der Waals surface area contributed by atoms with E-state index >= 15 is 0 Å². The summed E-state index contributed by atoms with van der Waals surface area (Å²) >= 11 is 6.73. The molecule has 4 rings (SSSR count). The second kappa shape index (κ2) is 8.72. The number of carbonyl (C=O) groups excluding carboxylic acids is 3. The van der Waals surface area contributed by atoms with Gasteiger partial charge in [0.2, 0.25) is 5.91 Å². The SMILES string of the molecule is C#CCN1C(=O)SC(=Cc2cn(CC(=O)Nc3ccc(Cl)cc3)c3ccccc23)C1=O. The lowest BCUT2D eigenvalue weighted by molar-refractivity contribution is -0.122. The molecule has 1 N–H and O–H groups in total. The number of nitrogens with zero attached hydrogens (tertiary/aromatic N) is 2. The van der Waals surface area contributed by atoms with Crippen LogP contribution in [0.3, 0.4) is 0 Å². The lowest BCUT2D eigenvalue weighted by atomic mass is 10.1. The van der Waals surface area contributed by atoms with Gasteiger partial charge in [-0.1, -0.05) is 35.7 Å². The standard InChI is InChI=1S/C23H16ClN3O3S/c1-2-11-27-22(29)20(31-23(27)30)12-15-13-26(19-6-4-3-5-18(15)19)14-21(28)25-17-9-7-16(24)8-10-17/h1,3-10,12-13H,11,14H2,(H,25,28). The van der Waals surface area contributed by atoms with E-state index in [1.54, 1.807) is 41.1 Å². The van der Waals surface area contributed by atoms with Gasteiger partial charge in [-0.2, -0.15) is 0 Å². The Bertz CT molecular complexity index is 1270. The van der Waals surface area contributed by atoms with E-state index in [4.69, 9.17) is 18.0 Å². The van der Waals surface area contributed by atoms with E-state index < -0.39 is 5.91 Å². The second-order valence-corrected chi connectivity index (χ2v) is 8.19. The fourth-order valence-corrected chi connectivity index (χ4v) is 4.23. The first kappa shape index (κ1) is 20.8. The van der Waals surface area contributed by atoms with Gasteiger partial charge in [0.15, 0.2) is 0 Å². The Morgan fingerprint density at radius 1 is 1.16 bits per heavy atom. The number of carbonyl (C=O) groups is 3. The molecule has 0 radical (unpaired) electrons. The number of fused-ring (bicyclic) bond motifs is 1. The van der Waals surface area contributed by atoms with Crippen molar-refractivity contribution in [2.24, 2.45) is 0 Å². The zero-order valence-electron chi connectivity index (χ0n) is 16.2. The molecular weight excluding hydrogens is 434 g/mol. The number of rotatable bonds is 5. The van der Waals surface area contributed by atoms with Crippen LogP contribution in [-0.4, -0.2) is 33.1 Å². The van der Waals surface area contributed by atoms with Crippen LogP contribution in [0.1, 0.15) is 5.56 Å². The van der Waals surface area contributed by atoms with E-state index in [9.17, 15) is 14.4 Å². The van der Waals surface area contributed by atoms with Crippen molar-refractivity contribution in [3.8, 4) is 12.3 Å². The van der Waals surface area contributed by atoms with Crippen LogP contribution in [0.25, 0.3) is 17.0 Å². The third-order valence-corrected chi connectivity index (χ3v) is 5.83. The average Bonchev–Trinajstić information content (AvgIpc) is 3.22. The molecule has 0 atom stereocenters. The molecular formula is C23H16ClN3O3S. The highest BCUT2D eigenvalue weighted by atomic mass is 35.5. The van der Waals surface area contributed by atoms with E-state index in [2.05, 4.69) is 11.2 Å². The van der Waals surface area contributed by atoms with Crippen LogP contribution in [0.15, 0.2) is 59.6 Å². The summed E-state index contributed by atoms with van der Waals surface area (Å²) in [6.07, 6.45) is 8.70. The monoisotopic (exact) mass is 449 g/mol. The number of benzene rings is 2. The van der Waals surface area contributed by atoms with Crippen LogP contribution in [0.4, 0.5) is 10.5 Å². The van der Waals surface area contributed by atoms with Gasteiger partial charge in [0.25, 0.3) is 11.1 Å². The molecule has 154 valence electrons. The molecule has 2 heterocycles. The molecule has 0 aliphatic carbocycles. The molecule has 1 fully saturated rings. The molecule has 0 spiro atoms. The summed E-state index contributed by atoms with van der Waals surface area (Å²) in [7, 11) is 0. The number of hydrogen-bond acceptors (Lipinski definition) is 4. The summed E-state index contributed by atoms with van der Waals surface area (Å²) in [6.45, 7) is 0.0180. The van der Waals surface area contributed by atoms with E-state index in [-0.39, 0.29) is 24.2 Å². The number of terminal acetylenes is 1. The Kier molecular flexibility index (Phi) is 5.85. The minimum atomic E-state index is -0.412. The largest absolute Gasteiger partial charge is 0.337 e. The van der Waals surface area contributed by atoms with Gasteiger partial charge >= 0.3 is 0 Å². The number of anilines is 1. The normalized spacial score (nSPS) is 15.0. The van der Waals surface area contributed by atoms with Crippen LogP contribution in [0, 0.1) is 12.3 Å². The summed E-state index contributed by atoms with van der Waals surface area (Å²) < 4.78 is 1.80. The van der Waals surface area contributed by atoms with Gasteiger partial charge in [-0.25, -0.2) is 0 Å². The van der Waals surface area contributed by atoms with E-state index in [0.717, 1.165) is 33.1 Å². The zero-order valence-corrected chi connectivity index (χ0v) is 17.7. The van der Waals surface area contributed by atoms with Crippen LogP contribution in [0.5, 0.6) is 0 Å². The molecule has 6 nitrogen and oxygen atoms in total. The number of amides is 3. The first-order valence-corrected chi connectivity index (χ1v) is 10.5. The van der Waals surface area contributed by atoms with Crippen molar-refractivity contribution in [2.75, 3.05) is 11.9 Å². The minimum Gasteiger partial charge on any atom is -0.337 e. The molecule has 0 saturated carbocycles. The first-order chi connectivity index (χ1) is 15.0. The molecule has 3 aromatic rings. The fraction of sp³-hybridized carbons (Fsp3) is 0.0870. The maximum atomic E-state index is 12.6. The highest BCUT2D eigenvalue weighted by molar-refractivity contribution is 8.18. The number of imide groups is 1. The van der Waals surface area contributed by atoms with Gasteiger partial charge < -0.3 is 9.88 Å². The van der Waals surface area contributed by atoms with Gasteiger partial charge in [-0.15, -0.1) is 6.42 Å². The smallest absolute Gasteiger partial charge is 0.294 e. The van der Waals surface area contributed by atoms with Gasteiger partial charge in [-0.3, -0.25) is 19.3 Å². The predicted molar refractivity (Wildman–Crippen MR) is 124 cm³/mol. The van der Waals surface area contributed by atoms with Crippen molar-refractivity contribution in [1.29, 1.82) is 0 Å². The highest BCUT2D eigenvalue weighted by Gasteiger charge is 2.34. The van der Waals surface area contributed by atoms with Crippen molar-refractivity contribution >= 4 is 63.1 Å². The second-order valence-electron chi connectivity index (χ2n) is 6.76. The molecule has 0 unspecified atom stereocenters. The maximum Gasteiger partial charge on any atom is 0.294 e. The lowest BCUT2D eigenvalue weighted by Crippen LogP contribution is -2.28. The fourth-order valence-electron chi connectivity index (χ4n) is 3.28. The molecule has 1 aliphatic rings. The van der Waals surface area contributed by atoms with Crippen molar-refractivity contribution in [1.82, 2.24) is 9.47 Å². The molecule has 1 saturated heterocycles. The summed E-state index contributed by atoms with van der Waals surface area (Å²) in [5, 5.41) is 3.90. The molecule has 3 amide bonds. The third kappa shape index (κ3) is 4.36. The minimum absolute atomic E-state index is 0.0609. The van der Waals surface area contributed by atoms with E-state index in [1.807, 2.05) is 24.3 Å². The number of halogens is 1. The summed E-state index contributed by atoms with van der Waals surface area (Å²) in [4.78, 5) is 38.4. The topological polar surface area (TPSA) is 71.4 Å². The zero-order chi connectivity index (χ0) is 22.0. The van der Waals surface area contributed by atoms with Crippen LogP contribution in [0.2, 0.25) is 5.02 Å². The Morgan fingerprint density at radius 3 is 2.65 bits per heavy atom. The quantitative estimate of drug-likeness (QED) is 0.456. The average molecular weight is 450 g/mol. The molecule has 0 bridgehead atoms. The molecule has 31 heavy (non-hydrogen) atoms. The van der Waals surface area contributed by atoms with Crippen molar-refractivity contribution < 1.29 is 14.4 Å². The van der Waals surface area contributed by atoms with E-state index in [1.165, 1.54) is 0 Å². The molecule has 8 heteroatoms. The number of hydrogen-bond donors (Lipinski definition) is 1. The number of aromatic nitrogens is 1. The highest BCUT2D eigenvalue weighted by Crippen LogP contribution is 2.34. The Balaban J connectivity index is 1.61. The third-order valence-electron chi connectivity index (χ3n) is 4.67. The van der Waals surface area contributed by atoms with Crippen LogP contribution >= 0.6 is 23.4 Å². The van der Waals surface area contributed by atoms with Crippen LogP contribution < -0.4 is 5.32 Å². The molecule has 2 aromatic carbocycles. The number of nitrogens with one attached hydrogen (secondary N) is 1. The van der Waals surface area contributed by atoms with Crippen molar-refractivity contribution in [3.05, 3.63) is 70.2 Å². The Hall–Kier alpha value is -3.47. The van der Waals surface area contributed by atoms with E-state index in [0.29, 0.717) is 15.6 Å². The summed E-state index contributed by atoms with van der Waals surface area (Å²) in [6, 6.07) is 14.4. The van der Waals surface area contributed by atoms with Crippen molar-refractivity contribution in [3.63, 3.8) is 0 Å². The molecule has 1 aromatic heterocycles. The van der Waals surface area contributed by atoms with Crippen LogP contribution in [-0.2, 0) is 16.1 Å². The molecule has 1 aliphatic heterocycles. The summed E-state index contributed by atoms with van der Waals surface area (Å²) in [5.41, 5.74) is 2.22. The Labute approximate surface area is 187 Å².